The van der Waals surface area contributed by atoms with Crippen LogP contribution in [0.4, 0.5) is 0 Å². The van der Waals surface area contributed by atoms with Gasteiger partial charge in [0.1, 0.15) is 0 Å². The molecule has 2 N–H and O–H groups in total. The lowest BCUT2D eigenvalue weighted by Gasteiger charge is -2.16. The summed E-state index contributed by atoms with van der Waals surface area (Å²) in [6, 6.07) is 16.4. The summed E-state index contributed by atoms with van der Waals surface area (Å²) in [4.78, 5) is 18.0. The highest BCUT2D eigenvalue weighted by Crippen LogP contribution is 2.23. The first-order valence-corrected chi connectivity index (χ1v) is 9.36. The van der Waals surface area contributed by atoms with E-state index in [0.717, 1.165) is 31.7 Å². The number of hydrogen-bond acceptors (Lipinski definition) is 3. The summed E-state index contributed by atoms with van der Waals surface area (Å²) in [6.07, 6.45) is 7.74. The number of aromatic nitrogens is 2. The van der Waals surface area contributed by atoms with Gasteiger partial charge in [0.05, 0.1) is 6.33 Å². The summed E-state index contributed by atoms with van der Waals surface area (Å²) < 4.78 is 2.01. The van der Waals surface area contributed by atoms with Gasteiger partial charge in [-0.1, -0.05) is 24.3 Å². The molecule has 1 saturated heterocycles. The zero-order valence-corrected chi connectivity index (χ0v) is 15.3. The smallest absolute Gasteiger partial charge is 0.248 e. The second-order valence-corrected chi connectivity index (χ2v) is 7.29. The Kier molecular flexibility index (Phi) is 5.03. The van der Waals surface area contributed by atoms with Crippen molar-refractivity contribution in [2.24, 2.45) is 11.7 Å². The van der Waals surface area contributed by atoms with E-state index in [1.54, 1.807) is 12.3 Å². The van der Waals surface area contributed by atoms with E-state index in [9.17, 15) is 4.79 Å². The third-order valence-electron chi connectivity index (χ3n) is 5.25. The van der Waals surface area contributed by atoms with E-state index in [1.807, 2.05) is 29.2 Å². The fraction of sp³-hybridized carbons (Fsp3) is 0.273. The SMILES string of the molecule is NC(=O)c1cccc(C[C@H]2CCN(Cc3ccc(-n4ccnc4)cc3)C2)c1. The molecule has 0 spiro atoms. The predicted octanol–water partition coefficient (Wildman–Crippen LogP) is 3.04. The minimum absolute atomic E-state index is 0.357. The summed E-state index contributed by atoms with van der Waals surface area (Å²) in [5.41, 5.74) is 9.64. The fourth-order valence-corrected chi connectivity index (χ4v) is 3.85. The summed E-state index contributed by atoms with van der Waals surface area (Å²) in [7, 11) is 0. The molecule has 0 unspecified atom stereocenters. The molecule has 3 aromatic rings. The monoisotopic (exact) mass is 360 g/mol. The molecule has 0 aliphatic carbocycles. The van der Waals surface area contributed by atoms with Gasteiger partial charge in [0.25, 0.3) is 0 Å². The van der Waals surface area contributed by atoms with Crippen molar-refractivity contribution in [1.82, 2.24) is 14.5 Å². The van der Waals surface area contributed by atoms with Crippen molar-refractivity contribution >= 4 is 5.91 Å². The van der Waals surface area contributed by atoms with Crippen LogP contribution in [0.15, 0.2) is 67.3 Å². The predicted molar refractivity (Wildman–Crippen MR) is 106 cm³/mol. The first-order valence-electron chi connectivity index (χ1n) is 9.36. The highest BCUT2D eigenvalue weighted by Gasteiger charge is 2.22. The normalized spacial score (nSPS) is 17.3. The van der Waals surface area contributed by atoms with Gasteiger partial charge in [0, 0.05) is 36.7 Å². The number of likely N-dealkylation sites (tertiary alicyclic amines) is 1. The van der Waals surface area contributed by atoms with Crippen LogP contribution in [0.5, 0.6) is 0 Å². The summed E-state index contributed by atoms with van der Waals surface area (Å²) in [5.74, 6) is 0.266. The van der Waals surface area contributed by atoms with Crippen LogP contribution in [0.1, 0.15) is 27.9 Å². The van der Waals surface area contributed by atoms with Gasteiger partial charge in [-0.15, -0.1) is 0 Å². The van der Waals surface area contributed by atoms with Gasteiger partial charge >= 0.3 is 0 Å². The average Bonchev–Trinajstić information content (AvgIpc) is 3.35. The van der Waals surface area contributed by atoms with Crippen molar-refractivity contribution in [2.75, 3.05) is 13.1 Å². The highest BCUT2D eigenvalue weighted by molar-refractivity contribution is 5.92. The molecule has 1 fully saturated rings. The van der Waals surface area contributed by atoms with E-state index in [-0.39, 0.29) is 5.91 Å². The number of carbonyl (C=O) groups excluding carboxylic acids is 1. The molecule has 0 radical (unpaired) electrons. The molecule has 1 aromatic heterocycles. The highest BCUT2D eigenvalue weighted by atomic mass is 16.1. The number of amides is 1. The van der Waals surface area contributed by atoms with Crippen molar-refractivity contribution in [2.45, 2.75) is 19.4 Å². The van der Waals surface area contributed by atoms with Gasteiger partial charge in [-0.2, -0.15) is 0 Å². The van der Waals surface area contributed by atoms with Gasteiger partial charge in [-0.05, 0) is 60.7 Å². The van der Waals surface area contributed by atoms with Gasteiger partial charge in [-0.25, -0.2) is 4.98 Å². The van der Waals surface area contributed by atoms with E-state index in [1.165, 1.54) is 17.5 Å². The molecule has 5 heteroatoms. The van der Waals surface area contributed by atoms with Crippen LogP contribution in [0, 0.1) is 5.92 Å². The Morgan fingerprint density at radius 1 is 1.15 bits per heavy atom. The van der Waals surface area contributed by atoms with E-state index >= 15 is 0 Å². The zero-order valence-electron chi connectivity index (χ0n) is 15.3. The van der Waals surface area contributed by atoms with E-state index < -0.39 is 0 Å². The van der Waals surface area contributed by atoms with Crippen LogP contribution in [-0.2, 0) is 13.0 Å². The molecule has 0 bridgehead atoms. The Hall–Kier alpha value is -2.92. The first kappa shape index (κ1) is 17.5. The Balaban J connectivity index is 1.33. The third kappa shape index (κ3) is 4.26. The largest absolute Gasteiger partial charge is 0.366 e. The van der Waals surface area contributed by atoms with Crippen LogP contribution in [0.25, 0.3) is 5.69 Å². The minimum atomic E-state index is -0.357. The number of primary amides is 1. The summed E-state index contributed by atoms with van der Waals surface area (Å²) in [5, 5.41) is 0. The van der Waals surface area contributed by atoms with Crippen LogP contribution < -0.4 is 5.73 Å². The lowest BCUT2D eigenvalue weighted by Crippen LogP contribution is -2.20. The molecule has 4 rings (SSSR count). The number of carbonyl (C=O) groups is 1. The third-order valence-corrected chi connectivity index (χ3v) is 5.25. The van der Waals surface area contributed by atoms with E-state index in [2.05, 4.69) is 40.2 Å². The van der Waals surface area contributed by atoms with Crippen molar-refractivity contribution in [3.05, 3.63) is 83.9 Å². The fourth-order valence-electron chi connectivity index (χ4n) is 3.85. The Morgan fingerprint density at radius 2 is 2.00 bits per heavy atom. The molecule has 1 aliphatic heterocycles. The number of benzene rings is 2. The molecule has 27 heavy (non-hydrogen) atoms. The number of rotatable bonds is 6. The molecule has 0 saturated carbocycles. The maximum Gasteiger partial charge on any atom is 0.248 e. The molecule has 5 nitrogen and oxygen atoms in total. The lowest BCUT2D eigenvalue weighted by atomic mass is 9.97. The second kappa shape index (κ2) is 7.76. The van der Waals surface area contributed by atoms with Crippen LogP contribution in [0.2, 0.25) is 0 Å². The first-order chi connectivity index (χ1) is 13.2. The molecule has 1 aliphatic rings. The van der Waals surface area contributed by atoms with Crippen LogP contribution in [0.3, 0.4) is 0 Å². The second-order valence-electron chi connectivity index (χ2n) is 7.29. The van der Waals surface area contributed by atoms with Gasteiger partial charge in [-0.3, -0.25) is 9.69 Å². The molecule has 138 valence electrons. The molecule has 2 aromatic carbocycles. The maximum atomic E-state index is 11.4. The number of imidazole rings is 1. The van der Waals surface area contributed by atoms with Crippen molar-refractivity contribution in [3.63, 3.8) is 0 Å². The molecule has 2 heterocycles. The van der Waals surface area contributed by atoms with Crippen molar-refractivity contribution in [1.29, 1.82) is 0 Å². The Bertz CT molecular complexity index is 902. The van der Waals surface area contributed by atoms with E-state index in [0.29, 0.717) is 11.5 Å². The van der Waals surface area contributed by atoms with Crippen LogP contribution >= 0.6 is 0 Å². The summed E-state index contributed by atoms with van der Waals surface area (Å²) >= 11 is 0. The Labute approximate surface area is 159 Å². The quantitative estimate of drug-likeness (QED) is 0.735. The standard InChI is InChI=1S/C22H24N4O/c23-22(27)20-3-1-2-18(13-20)12-19-8-10-25(15-19)14-17-4-6-21(7-5-17)26-11-9-24-16-26/h1-7,9,11,13,16,19H,8,10,12,14-15H2,(H2,23,27)/t19-/m1/s1. The molecule has 1 atom stereocenters. The average molecular weight is 360 g/mol. The van der Waals surface area contributed by atoms with E-state index in [4.69, 9.17) is 5.73 Å². The Morgan fingerprint density at radius 3 is 2.74 bits per heavy atom. The topological polar surface area (TPSA) is 64.2 Å². The number of nitrogens with two attached hydrogens (primary N) is 1. The van der Waals surface area contributed by atoms with Gasteiger partial charge in [0.15, 0.2) is 0 Å². The van der Waals surface area contributed by atoms with Crippen LogP contribution in [-0.4, -0.2) is 33.4 Å². The minimum Gasteiger partial charge on any atom is -0.366 e. The van der Waals surface area contributed by atoms with Gasteiger partial charge in [0.2, 0.25) is 5.91 Å². The molecular weight excluding hydrogens is 336 g/mol. The maximum absolute atomic E-state index is 11.4. The number of hydrogen-bond donors (Lipinski definition) is 1. The van der Waals surface area contributed by atoms with Gasteiger partial charge < -0.3 is 10.3 Å². The van der Waals surface area contributed by atoms with Crippen molar-refractivity contribution < 1.29 is 4.79 Å². The zero-order chi connectivity index (χ0) is 18.6. The van der Waals surface area contributed by atoms with Crippen molar-refractivity contribution in [3.8, 4) is 5.69 Å². The lowest BCUT2D eigenvalue weighted by molar-refractivity contribution is 0.1000. The molecule has 1 amide bonds. The summed E-state index contributed by atoms with van der Waals surface area (Å²) in [6.45, 7) is 3.18. The number of nitrogens with zero attached hydrogens (tertiary/aromatic N) is 3. The molecular formula is C22H24N4O.